The second-order valence-electron chi connectivity index (χ2n) is 6.68. The molecule has 4 rings (SSSR count). The lowest BCUT2D eigenvalue weighted by molar-refractivity contribution is -0.384. The monoisotopic (exact) mass is 466 g/mol. The lowest BCUT2D eigenvalue weighted by atomic mass is 10.1. The van der Waals surface area contributed by atoms with Crippen molar-refractivity contribution in [2.24, 2.45) is 0 Å². The van der Waals surface area contributed by atoms with Gasteiger partial charge in [0, 0.05) is 23.8 Å². The maximum Gasteiger partial charge on any atom is 0.270 e. The van der Waals surface area contributed by atoms with Crippen LogP contribution >= 0.6 is 11.8 Å². The molecule has 0 aliphatic heterocycles. The van der Waals surface area contributed by atoms with Crippen LogP contribution in [-0.2, 0) is 4.79 Å². The highest BCUT2D eigenvalue weighted by molar-refractivity contribution is 7.99. The van der Waals surface area contributed by atoms with Crippen LogP contribution in [0, 0.1) is 10.1 Å². The largest absolute Gasteiger partial charge is 0.497 e. The summed E-state index contributed by atoms with van der Waals surface area (Å²) >= 11 is 1.15. The van der Waals surface area contributed by atoms with Gasteiger partial charge in [0.1, 0.15) is 11.5 Å². The summed E-state index contributed by atoms with van der Waals surface area (Å²) in [4.78, 5) is 23.1. The maximum absolute atomic E-state index is 12.5. The van der Waals surface area contributed by atoms with Crippen molar-refractivity contribution in [2.75, 3.05) is 25.3 Å². The van der Waals surface area contributed by atoms with Crippen LogP contribution in [0.3, 0.4) is 0 Å². The second-order valence-corrected chi connectivity index (χ2v) is 7.62. The van der Waals surface area contributed by atoms with E-state index in [-0.39, 0.29) is 17.3 Å². The molecule has 0 aliphatic rings. The Kier molecular flexibility index (Phi) is 6.36. The van der Waals surface area contributed by atoms with Gasteiger partial charge in [-0.05, 0) is 24.3 Å². The average molecular weight is 466 g/mol. The third kappa shape index (κ3) is 4.85. The van der Waals surface area contributed by atoms with Crippen LogP contribution in [0.4, 0.5) is 11.4 Å². The number of thioether (sulfide) groups is 1. The molecular formula is C21H18N6O5S. The number of anilines is 1. The van der Waals surface area contributed by atoms with Crippen LogP contribution in [0.5, 0.6) is 11.5 Å². The Morgan fingerprint density at radius 2 is 1.97 bits per heavy atom. The highest BCUT2D eigenvalue weighted by atomic mass is 32.2. The molecule has 0 aliphatic carbocycles. The summed E-state index contributed by atoms with van der Waals surface area (Å²) in [7, 11) is 3.05. The number of nitro benzene ring substituents is 1. The zero-order valence-corrected chi connectivity index (χ0v) is 18.4. The summed E-state index contributed by atoms with van der Waals surface area (Å²) in [5.74, 6) is 0.854. The molecule has 1 amide bonds. The van der Waals surface area contributed by atoms with Gasteiger partial charge >= 0.3 is 0 Å². The van der Waals surface area contributed by atoms with Gasteiger partial charge in [0.25, 0.3) is 5.69 Å². The summed E-state index contributed by atoms with van der Waals surface area (Å²) in [5, 5.41) is 26.9. The van der Waals surface area contributed by atoms with Gasteiger partial charge < -0.3 is 14.8 Å². The van der Waals surface area contributed by atoms with Crippen molar-refractivity contribution in [3.63, 3.8) is 0 Å². The number of fused-ring (bicyclic) bond motifs is 1. The molecule has 12 heteroatoms. The summed E-state index contributed by atoms with van der Waals surface area (Å²) in [6.45, 7) is 0. The van der Waals surface area contributed by atoms with Gasteiger partial charge in [-0.2, -0.15) is 9.61 Å². The number of hydrogen-bond donors (Lipinski definition) is 1. The third-order valence-electron chi connectivity index (χ3n) is 4.60. The first-order valence-electron chi connectivity index (χ1n) is 9.60. The number of nitrogens with zero attached hydrogens (tertiary/aromatic N) is 5. The molecule has 0 bridgehead atoms. The molecule has 0 radical (unpaired) electrons. The number of nitro groups is 1. The minimum absolute atomic E-state index is 0.0302. The highest BCUT2D eigenvalue weighted by Crippen LogP contribution is 2.29. The number of carbonyl (C=O) groups excluding carboxylic acids is 1. The number of benzene rings is 2. The summed E-state index contributed by atoms with van der Waals surface area (Å²) < 4.78 is 12.0. The van der Waals surface area contributed by atoms with Crippen LogP contribution in [0.25, 0.3) is 16.9 Å². The minimum atomic E-state index is -0.460. The number of aromatic nitrogens is 4. The molecule has 1 N–H and O–H groups in total. The zero-order chi connectivity index (χ0) is 23.4. The number of hydrogen-bond acceptors (Lipinski definition) is 9. The molecule has 4 aromatic rings. The lowest BCUT2D eigenvalue weighted by Crippen LogP contribution is -2.15. The van der Waals surface area contributed by atoms with Crippen LogP contribution in [0.1, 0.15) is 0 Å². The van der Waals surface area contributed by atoms with Crippen molar-refractivity contribution in [1.82, 2.24) is 19.8 Å². The SMILES string of the molecule is COc1ccc(OC)c(NC(=O)CSc2nnc3ccc(-c4cccc([N+](=O)[O-])c4)nn23)c1. The van der Waals surface area contributed by atoms with Crippen molar-refractivity contribution in [3.8, 4) is 22.8 Å². The van der Waals surface area contributed by atoms with E-state index in [1.54, 1.807) is 42.5 Å². The van der Waals surface area contributed by atoms with Crippen molar-refractivity contribution in [2.45, 2.75) is 5.16 Å². The number of rotatable bonds is 8. The molecule has 0 atom stereocenters. The molecule has 33 heavy (non-hydrogen) atoms. The third-order valence-corrected chi connectivity index (χ3v) is 5.52. The molecule has 168 valence electrons. The van der Waals surface area contributed by atoms with E-state index in [1.807, 2.05) is 0 Å². The van der Waals surface area contributed by atoms with Gasteiger partial charge in [0.2, 0.25) is 11.1 Å². The van der Waals surface area contributed by atoms with E-state index in [2.05, 4.69) is 20.6 Å². The highest BCUT2D eigenvalue weighted by Gasteiger charge is 2.15. The Morgan fingerprint density at radius 3 is 2.73 bits per heavy atom. The van der Waals surface area contributed by atoms with E-state index >= 15 is 0 Å². The molecule has 2 aromatic carbocycles. The Hall–Kier alpha value is -4.19. The molecule has 2 aromatic heterocycles. The Morgan fingerprint density at radius 1 is 1.12 bits per heavy atom. The summed E-state index contributed by atoms with van der Waals surface area (Å²) in [6, 6.07) is 14.7. The van der Waals surface area contributed by atoms with Crippen molar-refractivity contribution >= 4 is 34.7 Å². The van der Waals surface area contributed by atoms with Gasteiger partial charge in [-0.1, -0.05) is 23.9 Å². The fraction of sp³-hybridized carbons (Fsp3) is 0.143. The number of ether oxygens (including phenoxy) is 2. The first-order chi connectivity index (χ1) is 16.0. The molecular weight excluding hydrogens is 448 g/mol. The van der Waals surface area contributed by atoms with Gasteiger partial charge in [0.15, 0.2) is 5.65 Å². The van der Waals surface area contributed by atoms with Crippen molar-refractivity contribution < 1.29 is 19.2 Å². The molecule has 2 heterocycles. The molecule has 0 saturated heterocycles. The van der Waals surface area contributed by atoms with Gasteiger partial charge in [-0.25, -0.2) is 0 Å². The summed E-state index contributed by atoms with van der Waals surface area (Å²) in [6.07, 6.45) is 0. The van der Waals surface area contributed by atoms with Gasteiger partial charge in [-0.15, -0.1) is 10.2 Å². The Bertz CT molecular complexity index is 1340. The predicted molar refractivity (Wildman–Crippen MR) is 122 cm³/mol. The zero-order valence-electron chi connectivity index (χ0n) is 17.6. The number of non-ortho nitro benzene ring substituents is 1. The van der Waals surface area contributed by atoms with Crippen molar-refractivity contribution in [3.05, 3.63) is 64.7 Å². The van der Waals surface area contributed by atoms with E-state index in [1.165, 1.54) is 30.9 Å². The second kappa shape index (κ2) is 9.53. The quantitative estimate of drug-likeness (QED) is 0.235. The lowest BCUT2D eigenvalue weighted by Gasteiger charge is -2.11. The first kappa shape index (κ1) is 22.0. The van der Waals surface area contributed by atoms with Gasteiger partial charge in [-0.3, -0.25) is 14.9 Å². The number of carbonyl (C=O) groups is 1. The van der Waals surface area contributed by atoms with Crippen LogP contribution < -0.4 is 14.8 Å². The predicted octanol–water partition coefficient (Wildman–Crippen LogP) is 3.45. The smallest absolute Gasteiger partial charge is 0.270 e. The molecule has 0 spiro atoms. The maximum atomic E-state index is 12.5. The van der Waals surface area contributed by atoms with E-state index in [9.17, 15) is 14.9 Å². The normalized spacial score (nSPS) is 10.7. The topological polar surface area (TPSA) is 134 Å². The minimum Gasteiger partial charge on any atom is -0.497 e. The van der Waals surface area contributed by atoms with E-state index < -0.39 is 4.92 Å². The van der Waals surface area contributed by atoms with Crippen LogP contribution in [0.15, 0.2) is 59.8 Å². The van der Waals surface area contributed by atoms with Crippen LogP contribution in [0.2, 0.25) is 0 Å². The van der Waals surface area contributed by atoms with Crippen molar-refractivity contribution in [1.29, 1.82) is 0 Å². The molecule has 0 unspecified atom stereocenters. The fourth-order valence-electron chi connectivity index (χ4n) is 3.02. The van der Waals surface area contributed by atoms with Gasteiger partial charge in [0.05, 0.1) is 36.3 Å². The van der Waals surface area contributed by atoms with Crippen LogP contribution in [-0.4, -0.2) is 50.6 Å². The first-order valence-corrected chi connectivity index (χ1v) is 10.6. The Balaban J connectivity index is 1.52. The summed E-state index contributed by atoms with van der Waals surface area (Å²) in [5.41, 5.74) is 2.04. The van der Waals surface area contributed by atoms with E-state index in [0.29, 0.717) is 39.2 Å². The van der Waals surface area contributed by atoms with E-state index in [4.69, 9.17) is 9.47 Å². The standard InChI is InChI=1S/C21H18N6O5S/c1-31-15-6-8-18(32-2)17(11-15)22-20(28)12-33-21-24-23-19-9-7-16(25-26(19)21)13-4-3-5-14(10-13)27(29)30/h3-11H,12H2,1-2H3,(H,22,28). The number of nitrogens with one attached hydrogen (secondary N) is 1. The number of methoxy groups -OCH3 is 2. The number of amides is 1. The Labute approximate surface area is 191 Å². The molecule has 11 nitrogen and oxygen atoms in total. The fourth-order valence-corrected chi connectivity index (χ4v) is 3.71. The molecule has 0 saturated carbocycles. The molecule has 0 fully saturated rings. The average Bonchev–Trinajstić information content (AvgIpc) is 3.25. The van der Waals surface area contributed by atoms with E-state index in [0.717, 1.165) is 11.8 Å².